The van der Waals surface area contributed by atoms with E-state index in [9.17, 15) is 20.3 Å². The molecule has 10 heteroatoms. The average Bonchev–Trinajstić information content (AvgIpc) is 3.20. The Kier molecular flexibility index (Phi) is 4.83. The minimum atomic E-state index is -0.856. The van der Waals surface area contributed by atoms with E-state index in [0.717, 1.165) is 23.4 Å². The Morgan fingerprint density at radius 2 is 2.12 bits per heavy atom. The number of carboxylic acid groups (broad SMARTS) is 1. The van der Waals surface area contributed by atoms with Gasteiger partial charge in [-0.25, -0.2) is 14.3 Å². The molecule has 3 saturated heterocycles. The van der Waals surface area contributed by atoms with Crippen molar-refractivity contribution in [2.45, 2.75) is 31.5 Å². The lowest BCUT2D eigenvalue weighted by Crippen LogP contribution is -2.70. The van der Waals surface area contributed by atoms with Gasteiger partial charge < -0.3 is 19.8 Å². The van der Waals surface area contributed by atoms with Crippen LogP contribution < -0.4 is 9.64 Å². The molecule has 3 fully saturated rings. The first-order valence-electron chi connectivity index (χ1n) is 10.4. The SMILES string of the molecule is CC(O)COc1cc(-c2ccc(N3CC4CC(C3)N4C(=O)O)nc2)c2c(C#N)cnn2c1. The number of hydrogen-bond acceptors (Lipinski definition) is 7. The normalized spacial score (nSPS) is 20.5. The van der Waals surface area contributed by atoms with Crippen LogP contribution in [0.15, 0.2) is 36.8 Å². The van der Waals surface area contributed by atoms with Gasteiger partial charge in [-0.2, -0.15) is 10.4 Å². The van der Waals surface area contributed by atoms with Gasteiger partial charge in [-0.3, -0.25) is 4.90 Å². The summed E-state index contributed by atoms with van der Waals surface area (Å²) in [7, 11) is 0. The van der Waals surface area contributed by atoms with Gasteiger partial charge in [-0.05, 0) is 31.5 Å². The molecule has 0 saturated carbocycles. The number of aromatic nitrogens is 3. The molecule has 3 aliphatic rings. The molecule has 0 spiro atoms. The number of fused-ring (bicyclic) bond motifs is 3. The Morgan fingerprint density at radius 1 is 1.34 bits per heavy atom. The van der Waals surface area contributed by atoms with Crippen LogP contribution in [-0.4, -0.2) is 73.7 Å². The van der Waals surface area contributed by atoms with E-state index < -0.39 is 12.2 Å². The molecular weight excluding hydrogens is 412 g/mol. The number of amides is 1. The van der Waals surface area contributed by atoms with Crippen molar-refractivity contribution in [3.8, 4) is 22.9 Å². The molecule has 6 heterocycles. The van der Waals surface area contributed by atoms with Gasteiger partial charge in [0.2, 0.25) is 0 Å². The lowest BCUT2D eigenvalue weighted by atomic mass is 9.88. The third kappa shape index (κ3) is 3.36. The lowest BCUT2D eigenvalue weighted by Gasteiger charge is -2.55. The van der Waals surface area contributed by atoms with Crippen LogP contribution in [0.5, 0.6) is 5.75 Å². The van der Waals surface area contributed by atoms with Crippen molar-refractivity contribution in [3.63, 3.8) is 0 Å². The molecule has 0 aromatic carbocycles. The molecule has 3 aromatic rings. The molecule has 3 unspecified atom stereocenters. The maximum Gasteiger partial charge on any atom is 0.407 e. The minimum absolute atomic E-state index is 0.0140. The van der Waals surface area contributed by atoms with Crippen molar-refractivity contribution in [3.05, 3.63) is 42.4 Å². The highest BCUT2D eigenvalue weighted by atomic mass is 16.5. The van der Waals surface area contributed by atoms with Crippen LogP contribution in [0, 0.1) is 11.3 Å². The van der Waals surface area contributed by atoms with E-state index in [4.69, 9.17) is 4.74 Å². The zero-order valence-electron chi connectivity index (χ0n) is 17.4. The van der Waals surface area contributed by atoms with E-state index in [1.165, 1.54) is 11.1 Å². The molecule has 1 amide bonds. The fourth-order valence-corrected chi connectivity index (χ4v) is 4.54. The molecule has 3 atom stereocenters. The monoisotopic (exact) mass is 434 g/mol. The van der Waals surface area contributed by atoms with Gasteiger partial charge >= 0.3 is 6.09 Å². The van der Waals surface area contributed by atoms with Crippen LogP contribution in [0.25, 0.3) is 16.6 Å². The van der Waals surface area contributed by atoms with Crippen molar-refractivity contribution in [2.75, 3.05) is 24.6 Å². The predicted molar refractivity (Wildman–Crippen MR) is 115 cm³/mol. The number of rotatable bonds is 5. The van der Waals surface area contributed by atoms with E-state index >= 15 is 0 Å². The Bertz CT molecular complexity index is 1200. The summed E-state index contributed by atoms with van der Waals surface area (Å²) in [6.07, 6.45) is 4.36. The molecule has 2 bridgehead atoms. The summed E-state index contributed by atoms with van der Waals surface area (Å²) in [5.74, 6) is 1.31. The highest BCUT2D eigenvalue weighted by Crippen LogP contribution is 2.35. The average molecular weight is 434 g/mol. The summed E-state index contributed by atoms with van der Waals surface area (Å²) in [5, 5.41) is 32.6. The van der Waals surface area contributed by atoms with Gasteiger partial charge in [0, 0.05) is 30.4 Å². The zero-order valence-corrected chi connectivity index (χ0v) is 17.4. The maximum atomic E-state index is 11.3. The quantitative estimate of drug-likeness (QED) is 0.624. The third-order valence-electron chi connectivity index (χ3n) is 6.00. The minimum Gasteiger partial charge on any atom is -0.489 e. The molecule has 0 radical (unpaired) electrons. The highest BCUT2D eigenvalue weighted by Gasteiger charge is 2.47. The van der Waals surface area contributed by atoms with Crippen molar-refractivity contribution in [2.24, 2.45) is 0 Å². The number of ether oxygens (including phenoxy) is 1. The van der Waals surface area contributed by atoms with Gasteiger partial charge in [0.25, 0.3) is 0 Å². The van der Waals surface area contributed by atoms with E-state index in [1.54, 1.807) is 23.8 Å². The van der Waals surface area contributed by atoms with E-state index in [0.29, 0.717) is 29.9 Å². The zero-order chi connectivity index (χ0) is 22.4. The van der Waals surface area contributed by atoms with Gasteiger partial charge in [-0.15, -0.1) is 0 Å². The van der Waals surface area contributed by atoms with Crippen molar-refractivity contribution in [1.82, 2.24) is 19.5 Å². The summed E-state index contributed by atoms with van der Waals surface area (Å²) >= 11 is 0. The number of pyridine rings is 2. The Balaban J connectivity index is 1.44. The lowest BCUT2D eigenvalue weighted by molar-refractivity contribution is 0.0112. The molecule has 3 aliphatic heterocycles. The second-order valence-corrected chi connectivity index (χ2v) is 8.26. The summed E-state index contributed by atoms with van der Waals surface area (Å²) in [6, 6.07) is 7.86. The number of hydrogen-bond donors (Lipinski definition) is 2. The van der Waals surface area contributed by atoms with E-state index in [-0.39, 0.29) is 18.7 Å². The number of nitriles is 1. The molecule has 3 aromatic heterocycles. The number of aliphatic hydroxyl groups excluding tert-OH is 1. The van der Waals surface area contributed by atoms with Crippen LogP contribution in [-0.2, 0) is 0 Å². The summed E-state index contributed by atoms with van der Waals surface area (Å²) in [5.41, 5.74) is 2.64. The molecular formula is C22H22N6O4. The van der Waals surface area contributed by atoms with E-state index in [2.05, 4.69) is 21.1 Å². The van der Waals surface area contributed by atoms with E-state index in [1.807, 2.05) is 18.2 Å². The number of piperazine rings is 1. The molecule has 0 aliphatic carbocycles. The maximum absolute atomic E-state index is 11.3. The highest BCUT2D eigenvalue weighted by molar-refractivity contribution is 5.85. The van der Waals surface area contributed by atoms with Crippen LogP contribution in [0.2, 0.25) is 0 Å². The number of piperidine rings is 1. The third-order valence-corrected chi connectivity index (χ3v) is 6.00. The summed E-state index contributed by atoms with van der Waals surface area (Å²) in [6.45, 7) is 3.04. The number of anilines is 1. The first kappa shape index (κ1) is 20.1. The topological polar surface area (TPSA) is 127 Å². The number of aliphatic hydroxyl groups is 1. The molecule has 2 N–H and O–H groups in total. The molecule has 164 valence electrons. The first-order chi connectivity index (χ1) is 15.4. The second kappa shape index (κ2) is 7.69. The Morgan fingerprint density at radius 3 is 2.75 bits per heavy atom. The number of nitrogens with zero attached hydrogens (tertiary/aromatic N) is 6. The largest absolute Gasteiger partial charge is 0.489 e. The van der Waals surface area contributed by atoms with Gasteiger partial charge in [0.15, 0.2) is 0 Å². The standard InChI is InChI=1S/C22H22N6O4/c1-13(29)12-32-18-5-19(21-15(6-23)8-25-27(21)11-18)14-2-3-20(24-7-14)26-9-16-4-17(10-26)28(16)22(30)31/h2-3,5,7-8,11,13,16-17,29H,4,9-10,12H2,1H3,(H,30,31). The van der Waals surface area contributed by atoms with Gasteiger partial charge in [-0.1, -0.05) is 0 Å². The molecule has 10 nitrogen and oxygen atoms in total. The van der Waals surface area contributed by atoms with Crippen LogP contribution in [0.4, 0.5) is 10.6 Å². The Labute approximate surface area is 183 Å². The van der Waals surface area contributed by atoms with Crippen LogP contribution in [0.3, 0.4) is 0 Å². The second-order valence-electron chi connectivity index (χ2n) is 8.26. The van der Waals surface area contributed by atoms with Crippen LogP contribution in [0.1, 0.15) is 18.9 Å². The summed E-state index contributed by atoms with van der Waals surface area (Å²) in [4.78, 5) is 19.6. The molecule has 6 rings (SSSR count). The Hall–Kier alpha value is -3.84. The fraction of sp³-hybridized carbons (Fsp3) is 0.364. The smallest absolute Gasteiger partial charge is 0.407 e. The fourth-order valence-electron chi connectivity index (χ4n) is 4.54. The van der Waals surface area contributed by atoms with Crippen molar-refractivity contribution < 1.29 is 19.7 Å². The number of carbonyl (C=O) groups is 1. The van der Waals surface area contributed by atoms with Crippen molar-refractivity contribution in [1.29, 1.82) is 5.26 Å². The summed E-state index contributed by atoms with van der Waals surface area (Å²) < 4.78 is 7.27. The first-order valence-corrected chi connectivity index (χ1v) is 10.4. The van der Waals surface area contributed by atoms with Gasteiger partial charge in [0.05, 0.1) is 41.7 Å². The van der Waals surface area contributed by atoms with Crippen molar-refractivity contribution >= 4 is 17.4 Å². The molecule has 32 heavy (non-hydrogen) atoms. The van der Waals surface area contributed by atoms with Crippen LogP contribution >= 0.6 is 0 Å². The van der Waals surface area contributed by atoms with Gasteiger partial charge in [0.1, 0.15) is 24.2 Å². The predicted octanol–water partition coefficient (Wildman–Crippen LogP) is 1.97.